The minimum atomic E-state index is 0.134. The van der Waals surface area contributed by atoms with Crippen LogP contribution in [0.1, 0.15) is 0 Å². The monoisotopic (exact) mass is 514 g/mol. The molecule has 0 saturated heterocycles. The van der Waals surface area contributed by atoms with Crippen LogP contribution in [0.25, 0.3) is 61.4 Å². The Bertz CT molecular complexity index is 1990. The number of fused-ring (bicyclic) bond motifs is 4. The number of furan rings is 1. The number of nitrogens with zero attached hydrogens (tertiary/aromatic N) is 4. The van der Waals surface area contributed by atoms with Gasteiger partial charge in [0.2, 0.25) is 5.71 Å². The Morgan fingerprint density at radius 3 is 2.21 bits per heavy atom. The molecule has 0 saturated carbocycles. The van der Waals surface area contributed by atoms with Crippen LogP contribution in [0.2, 0.25) is 0 Å². The highest BCUT2D eigenvalue weighted by molar-refractivity contribution is 6.07. The summed E-state index contributed by atoms with van der Waals surface area (Å²) in [6, 6.07) is 26.9. The van der Waals surface area contributed by atoms with E-state index < -0.39 is 0 Å². The molecule has 3 aromatic heterocycles. The highest BCUT2D eigenvalue weighted by Crippen LogP contribution is 2.43. The van der Waals surface area contributed by atoms with Crippen molar-refractivity contribution in [1.82, 2.24) is 19.6 Å². The molecule has 7 rings (SSSR count). The summed E-state index contributed by atoms with van der Waals surface area (Å²) in [6.45, 7) is 0. The summed E-state index contributed by atoms with van der Waals surface area (Å²) >= 11 is 0. The van der Waals surface area contributed by atoms with Gasteiger partial charge in [0.25, 0.3) is 0 Å². The zero-order valence-corrected chi connectivity index (χ0v) is 21.1. The number of phenols is 1. The summed E-state index contributed by atoms with van der Waals surface area (Å²) in [6.07, 6.45) is 1.57. The highest BCUT2D eigenvalue weighted by Gasteiger charge is 2.24. The zero-order chi connectivity index (χ0) is 26.5. The molecule has 0 atom stereocenters. The first-order valence-corrected chi connectivity index (χ1v) is 12.3. The van der Waals surface area contributed by atoms with Crippen LogP contribution >= 0.6 is 0 Å². The Hall–Kier alpha value is -5.37. The Morgan fingerprint density at radius 2 is 1.49 bits per heavy atom. The molecule has 0 bridgehead atoms. The van der Waals surface area contributed by atoms with E-state index in [1.54, 1.807) is 25.1 Å². The van der Waals surface area contributed by atoms with Crippen molar-refractivity contribution < 1.29 is 19.0 Å². The highest BCUT2D eigenvalue weighted by atomic mass is 16.5. The van der Waals surface area contributed by atoms with Crippen LogP contribution in [0.3, 0.4) is 0 Å². The third kappa shape index (κ3) is 3.65. The fraction of sp³-hybridized carbons (Fsp3) is 0.0645. The Labute approximate surface area is 222 Å². The van der Waals surface area contributed by atoms with Gasteiger partial charge < -0.3 is 19.0 Å². The quantitative estimate of drug-likeness (QED) is 0.272. The van der Waals surface area contributed by atoms with E-state index in [9.17, 15) is 5.11 Å². The van der Waals surface area contributed by atoms with Crippen LogP contribution in [-0.2, 0) is 0 Å². The van der Waals surface area contributed by atoms with Gasteiger partial charge in [-0.3, -0.25) is 0 Å². The van der Waals surface area contributed by atoms with Gasteiger partial charge in [-0.15, -0.1) is 5.10 Å². The van der Waals surface area contributed by atoms with Crippen molar-refractivity contribution in [3.63, 3.8) is 0 Å². The maximum absolute atomic E-state index is 11.1. The zero-order valence-electron chi connectivity index (χ0n) is 21.1. The van der Waals surface area contributed by atoms with Crippen molar-refractivity contribution in [2.45, 2.75) is 0 Å². The van der Waals surface area contributed by atoms with Gasteiger partial charge in [-0.2, -0.15) is 0 Å². The Kier molecular flexibility index (Phi) is 5.19. The van der Waals surface area contributed by atoms with Crippen LogP contribution in [0.15, 0.2) is 95.7 Å². The molecule has 0 radical (unpaired) electrons. The molecule has 0 amide bonds. The molecule has 3 heterocycles. The van der Waals surface area contributed by atoms with Crippen LogP contribution < -0.4 is 9.47 Å². The summed E-state index contributed by atoms with van der Waals surface area (Å²) in [5.41, 5.74) is 4.14. The van der Waals surface area contributed by atoms with E-state index in [0.717, 1.165) is 39.0 Å². The van der Waals surface area contributed by atoms with E-state index in [1.165, 1.54) is 0 Å². The minimum Gasteiger partial charge on any atom is -0.507 e. The summed E-state index contributed by atoms with van der Waals surface area (Å²) in [5.74, 6) is 2.67. The van der Waals surface area contributed by atoms with E-state index in [4.69, 9.17) is 18.9 Å². The van der Waals surface area contributed by atoms with Gasteiger partial charge in [0.05, 0.1) is 25.2 Å². The summed E-state index contributed by atoms with van der Waals surface area (Å²) in [5, 5.41) is 18.1. The lowest BCUT2D eigenvalue weighted by atomic mass is 9.99. The van der Waals surface area contributed by atoms with E-state index in [2.05, 4.69) is 10.1 Å². The van der Waals surface area contributed by atoms with E-state index in [1.807, 2.05) is 84.9 Å². The summed E-state index contributed by atoms with van der Waals surface area (Å²) in [4.78, 5) is 9.45. The first-order valence-electron chi connectivity index (χ1n) is 12.3. The minimum absolute atomic E-state index is 0.134. The van der Waals surface area contributed by atoms with Gasteiger partial charge in [0.15, 0.2) is 11.5 Å². The molecular weight excluding hydrogens is 492 g/mol. The first kappa shape index (κ1) is 22.8. The number of hydrogen-bond donors (Lipinski definition) is 1. The second-order valence-electron chi connectivity index (χ2n) is 9.07. The maximum Gasteiger partial charge on any atom is 0.232 e. The third-order valence-electron chi connectivity index (χ3n) is 6.90. The summed E-state index contributed by atoms with van der Waals surface area (Å²) < 4.78 is 18.7. The molecule has 0 spiro atoms. The number of rotatable bonds is 5. The van der Waals surface area contributed by atoms with Crippen molar-refractivity contribution in [2.24, 2.45) is 0 Å². The maximum atomic E-state index is 11.1. The topological polar surface area (TPSA) is 94.9 Å². The van der Waals surface area contributed by atoms with Crippen molar-refractivity contribution in [3.05, 3.63) is 91.3 Å². The van der Waals surface area contributed by atoms with E-state index in [0.29, 0.717) is 33.9 Å². The molecule has 1 N–H and O–H groups in total. The summed E-state index contributed by atoms with van der Waals surface area (Å²) in [7, 11) is 3.27. The molecule has 0 fully saturated rings. The number of phenolic OH excluding ortho intramolecular Hbond substituents is 1. The van der Waals surface area contributed by atoms with Crippen molar-refractivity contribution >= 4 is 27.5 Å². The van der Waals surface area contributed by atoms with Gasteiger partial charge in [0.1, 0.15) is 29.3 Å². The average molecular weight is 515 g/mol. The van der Waals surface area contributed by atoms with Gasteiger partial charge >= 0.3 is 0 Å². The average Bonchev–Trinajstić information content (AvgIpc) is 3.59. The molecule has 0 unspecified atom stereocenters. The number of benzene rings is 4. The van der Waals surface area contributed by atoms with Crippen molar-refractivity contribution in [2.75, 3.05) is 14.2 Å². The number of aromatic nitrogens is 4. The second-order valence-corrected chi connectivity index (χ2v) is 9.07. The van der Waals surface area contributed by atoms with Gasteiger partial charge in [-0.1, -0.05) is 42.5 Å². The number of ether oxygens (including phenoxy) is 2. The molecule has 7 aromatic rings. The first-order chi connectivity index (χ1) is 19.1. The van der Waals surface area contributed by atoms with Crippen LogP contribution in [0.5, 0.6) is 17.2 Å². The lowest BCUT2D eigenvalue weighted by molar-refractivity contribution is 0.414. The predicted molar refractivity (Wildman–Crippen MR) is 149 cm³/mol. The van der Waals surface area contributed by atoms with Gasteiger partial charge in [0, 0.05) is 16.5 Å². The van der Waals surface area contributed by atoms with Gasteiger partial charge in [-0.25, -0.2) is 14.5 Å². The Morgan fingerprint density at radius 1 is 0.795 bits per heavy atom. The SMILES string of the molecule is COc1ccc(-c2oc3ncn4nc(-c5ccc6ccccc6c5O)nc4c3c2-c2ccc(OC)cc2)cc1. The standard InChI is InChI=1S/C31H22N4O4/c1-37-21-12-7-19(8-13-21)25-26-30-33-29(24-16-11-18-5-3-4-6-23(18)27(24)36)34-35(30)17-32-31(26)39-28(25)20-9-14-22(38-2)15-10-20/h3-17,36H,1-2H3. The fourth-order valence-corrected chi connectivity index (χ4v) is 4.93. The number of aromatic hydroxyl groups is 1. The van der Waals surface area contributed by atoms with Gasteiger partial charge in [-0.05, 0) is 53.4 Å². The molecule has 0 aliphatic rings. The lowest BCUT2D eigenvalue weighted by Gasteiger charge is -2.06. The predicted octanol–water partition coefficient (Wildman–Crippen LogP) is 6.75. The van der Waals surface area contributed by atoms with Crippen molar-refractivity contribution in [1.29, 1.82) is 0 Å². The smallest absolute Gasteiger partial charge is 0.232 e. The number of methoxy groups -OCH3 is 2. The molecule has 8 nitrogen and oxygen atoms in total. The molecule has 0 aliphatic heterocycles. The van der Waals surface area contributed by atoms with E-state index in [-0.39, 0.29) is 5.75 Å². The van der Waals surface area contributed by atoms with Crippen molar-refractivity contribution in [3.8, 4) is 51.1 Å². The molecule has 39 heavy (non-hydrogen) atoms. The molecule has 8 heteroatoms. The van der Waals surface area contributed by atoms with E-state index >= 15 is 0 Å². The van der Waals surface area contributed by atoms with Crippen LogP contribution in [0, 0.1) is 0 Å². The Balaban J connectivity index is 1.49. The largest absolute Gasteiger partial charge is 0.507 e. The number of hydrogen-bond acceptors (Lipinski definition) is 7. The molecular formula is C31H22N4O4. The molecule has 190 valence electrons. The third-order valence-corrected chi connectivity index (χ3v) is 6.90. The van der Waals surface area contributed by atoms with Crippen LogP contribution in [-0.4, -0.2) is 38.9 Å². The van der Waals surface area contributed by atoms with Crippen LogP contribution in [0.4, 0.5) is 0 Å². The lowest BCUT2D eigenvalue weighted by Crippen LogP contribution is -1.91. The molecule has 0 aliphatic carbocycles. The molecule has 4 aromatic carbocycles. The second kappa shape index (κ2) is 8.88. The normalized spacial score (nSPS) is 11.4. The fourth-order valence-electron chi connectivity index (χ4n) is 4.93.